The Morgan fingerprint density at radius 2 is 1.88 bits per heavy atom. The minimum absolute atomic E-state index is 0.0500. The van der Waals surface area contributed by atoms with Gasteiger partial charge in [-0.05, 0) is 25.5 Å². The number of carbonyl (C=O) groups is 1. The summed E-state index contributed by atoms with van der Waals surface area (Å²) in [5, 5.41) is 0. The molecule has 0 spiro atoms. The largest absolute Gasteiger partial charge is 0.375 e. The number of ether oxygens (including phenoxy) is 1. The quantitative estimate of drug-likeness (QED) is 0.803. The van der Waals surface area contributed by atoms with Crippen LogP contribution in [-0.2, 0) is 19.6 Å². The number of piperidine rings is 1. The Hall–Kier alpha value is -1.44. The molecule has 0 aromatic heterocycles. The van der Waals surface area contributed by atoms with E-state index in [0.717, 1.165) is 5.56 Å². The Morgan fingerprint density at radius 1 is 1.17 bits per heavy atom. The second-order valence-corrected chi connectivity index (χ2v) is 8.54. The van der Waals surface area contributed by atoms with E-state index in [1.54, 1.807) is 24.0 Å². The number of aryl methyl sites for hydroxylation is 1. The highest BCUT2D eigenvalue weighted by molar-refractivity contribution is 7.89. The highest BCUT2D eigenvalue weighted by Gasteiger charge is 2.38. The van der Waals surface area contributed by atoms with E-state index in [-0.39, 0.29) is 17.9 Å². The molecule has 7 heteroatoms. The fourth-order valence-corrected chi connectivity index (χ4v) is 4.85. The normalized spacial score (nSPS) is 25.8. The molecule has 132 valence electrons. The maximum Gasteiger partial charge on any atom is 0.243 e. The predicted octanol–water partition coefficient (Wildman–Crippen LogP) is 1.25. The van der Waals surface area contributed by atoms with Crippen molar-refractivity contribution in [1.29, 1.82) is 0 Å². The third-order valence-electron chi connectivity index (χ3n) is 4.91. The summed E-state index contributed by atoms with van der Waals surface area (Å²) in [5.41, 5.74) is 1.03. The number of carbonyl (C=O) groups excluding carboxylic acids is 1. The van der Waals surface area contributed by atoms with Crippen LogP contribution in [0.2, 0.25) is 0 Å². The van der Waals surface area contributed by atoms with Gasteiger partial charge in [-0.1, -0.05) is 17.7 Å². The number of rotatable bonds is 2. The maximum atomic E-state index is 12.8. The van der Waals surface area contributed by atoms with Crippen LogP contribution in [0.15, 0.2) is 29.2 Å². The summed E-state index contributed by atoms with van der Waals surface area (Å²) in [7, 11) is -3.50. The zero-order valence-electron chi connectivity index (χ0n) is 14.1. The summed E-state index contributed by atoms with van der Waals surface area (Å²) in [6, 6.07) is 6.93. The molecule has 0 bridgehead atoms. The zero-order valence-corrected chi connectivity index (χ0v) is 15.0. The lowest BCUT2D eigenvalue weighted by atomic mass is 9.94. The molecule has 2 aliphatic rings. The fraction of sp³-hybridized carbons (Fsp3) is 0.588. The van der Waals surface area contributed by atoms with Crippen molar-refractivity contribution >= 4 is 15.9 Å². The van der Waals surface area contributed by atoms with E-state index in [1.165, 1.54) is 4.31 Å². The van der Waals surface area contributed by atoms with Crippen LogP contribution >= 0.6 is 0 Å². The van der Waals surface area contributed by atoms with Crippen LogP contribution < -0.4 is 0 Å². The van der Waals surface area contributed by atoms with Gasteiger partial charge >= 0.3 is 0 Å². The predicted molar refractivity (Wildman–Crippen MR) is 90.0 cm³/mol. The van der Waals surface area contributed by atoms with Crippen LogP contribution in [0.4, 0.5) is 0 Å². The number of hydrogen-bond donors (Lipinski definition) is 0. The Morgan fingerprint density at radius 3 is 2.54 bits per heavy atom. The first-order chi connectivity index (χ1) is 11.4. The van der Waals surface area contributed by atoms with Crippen LogP contribution in [0.25, 0.3) is 0 Å². The zero-order chi connectivity index (χ0) is 17.3. The van der Waals surface area contributed by atoms with E-state index in [4.69, 9.17) is 4.74 Å². The minimum Gasteiger partial charge on any atom is -0.375 e. The van der Waals surface area contributed by atoms with Crippen molar-refractivity contribution in [3.8, 4) is 0 Å². The Labute approximate surface area is 143 Å². The van der Waals surface area contributed by atoms with Gasteiger partial charge in [0.2, 0.25) is 15.9 Å². The summed E-state index contributed by atoms with van der Waals surface area (Å²) >= 11 is 0. The van der Waals surface area contributed by atoms with Gasteiger partial charge in [0.25, 0.3) is 0 Å². The molecule has 0 unspecified atom stereocenters. The molecular weight excluding hydrogens is 328 g/mol. The van der Waals surface area contributed by atoms with Crippen molar-refractivity contribution in [2.45, 2.75) is 31.3 Å². The van der Waals surface area contributed by atoms with Crippen LogP contribution in [0.5, 0.6) is 0 Å². The lowest BCUT2D eigenvalue weighted by Gasteiger charge is -2.37. The molecule has 1 aromatic rings. The Kier molecular flexibility index (Phi) is 4.94. The first kappa shape index (κ1) is 17.4. The average molecular weight is 352 g/mol. The van der Waals surface area contributed by atoms with Crippen LogP contribution in [0.1, 0.15) is 18.9 Å². The first-order valence-corrected chi connectivity index (χ1v) is 9.76. The van der Waals surface area contributed by atoms with Crippen molar-refractivity contribution in [2.75, 3.05) is 32.8 Å². The fourth-order valence-electron chi connectivity index (χ4n) is 3.39. The van der Waals surface area contributed by atoms with Gasteiger partial charge in [-0.3, -0.25) is 4.79 Å². The van der Waals surface area contributed by atoms with Gasteiger partial charge in [-0.25, -0.2) is 8.42 Å². The summed E-state index contributed by atoms with van der Waals surface area (Å²) in [6.45, 7) is 6.00. The smallest absolute Gasteiger partial charge is 0.243 e. The standard InChI is InChI=1S/C17H24N2O4S/c1-13-3-5-16(6-4-13)24(21,22)19-8-7-15-11-18(14(2)20)9-10-23-17(15)12-19/h3-6,15,17H,7-12H2,1-2H3/t15-,17-/m0/s1. The summed E-state index contributed by atoms with van der Waals surface area (Å²) in [6.07, 6.45) is 0.558. The number of fused-ring (bicyclic) bond motifs is 1. The molecule has 6 nitrogen and oxygen atoms in total. The lowest BCUT2D eigenvalue weighted by Crippen LogP contribution is -2.49. The molecule has 0 radical (unpaired) electrons. The highest BCUT2D eigenvalue weighted by atomic mass is 32.2. The topological polar surface area (TPSA) is 66.9 Å². The van der Waals surface area contributed by atoms with Crippen LogP contribution in [-0.4, -0.2) is 62.4 Å². The summed E-state index contributed by atoms with van der Waals surface area (Å²) in [4.78, 5) is 13.8. The molecule has 2 heterocycles. The molecule has 2 saturated heterocycles. The van der Waals surface area contributed by atoms with E-state index in [0.29, 0.717) is 44.1 Å². The molecule has 1 aromatic carbocycles. The van der Waals surface area contributed by atoms with Gasteiger partial charge in [0.1, 0.15) is 0 Å². The van der Waals surface area contributed by atoms with Gasteiger partial charge in [-0.15, -0.1) is 0 Å². The molecule has 24 heavy (non-hydrogen) atoms. The monoisotopic (exact) mass is 352 g/mol. The molecule has 0 saturated carbocycles. The van der Waals surface area contributed by atoms with Gasteiger partial charge in [0, 0.05) is 39.0 Å². The van der Waals surface area contributed by atoms with Gasteiger partial charge in [0.15, 0.2) is 0 Å². The number of hydrogen-bond acceptors (Lipinski definition) is 4. The number of amides is 1. The molecule has 2 atom stereocenters. The summed E-state index contributed by atoms with van der Waals surface area (Å²) < 4.78 is 33.1. The molecule has 3 rings (SSSR count). The Balaban J connectivity index is 1.75. The second kappa shape index (κ2) is 6.82. The second-order valence-electron chi connectivity index (χ2n) is 6.60. The number of sulfonamides is 1. The van der Waals surface area contributed by atoms with E-state index >= 15 is 0 Å². The van der Waals surface area contributed by atoms with Crippen molar-refractivity contribution in [3.63, 3.8) is 0 Å². The third-order valence-corrected chi connectivity index (χ3v) is 6.79. The van der Waals surface area contributed by atoms with Gasteiger partial charge in [-0.2, -0.15) is 4.31 Å². The minimum atomic E-state index is -3.50. The van der Waals surface area contributed by atoms with Gasteiger partial charge < -0.3 is 9.64 Å². The van der Waals surface area contributed by atoms with E-state index in [2.05, 4.69) is 0 Å². The van der Waals surface area contributed by atoms with Crippen LogP contribution in [0, 0.1) is 12.8 Å². The molecule has 0 N–H and O–H groups in total. The molecular formula is C17H24N2O4S. The van der Waals surface area contributed by atoms with Gasteiger partial charge in [0.05, 0.1) is 17.6 Å². The SMILES string of the molecule is CC(=O)N1CCO[C@H]2CN(S(=O)(=O)c3ccc(C)cc3)CC[C@H]2C1. The van der Waals surface area contributed by atoms with E-state index in [1.807, 2.05) is 19.1 Å². The molecule has 0 aliphatic carbocycles. The lowest BCUT2D eigenvalue weighted by molar-refractivity contribution is -0.129. The maximum absolute atomic E-state index is 12.8. The number of benzene rings is 1. The third kappa shape index (κ3) is 3.48. The number of nitrogens with zero attached hydrogens (tertiary/aromatic N) is 2. The molecule has 2 aliphatic heterocycles. The van der Waals surface area contributed by atoms with Crippen molar-refractivity contribution in [3.05, 3.63) is 29.8 Å². The summed E-state index contributed by atoms with van der Waals surface area (Å²) in [5.74, 6) is 0.245. The molecule has 1 amide bonds. The molecule has 2 fully saturated rings. The van der Waals surface area contributed by atoms with Crippen molar-refractivity contribution < 1.29 is 17.9 Å². The van der Waals surface area contributed by atoms with Crippen molar-refractivity contribution in [1.82, 2.24) is 9.21 Å². The average Bonchev–Trinajstić information content (AvgIpc) is 2.77. The van der Waals surface area contributed by atoms with Crippen LogP contribution in [0.3, 0.4) is 0 Å². The van der Waals surface area contributed by atoms with E-state index < -0.39 is 10.0 Å². The highest BCUT2D eigenvalue weighted by Crippen LogP contribution is 2.28. The first-order valence-electron chi connectivity index (χ1n) is 8.32. The van der Waals surface area contributed by atoms with Crippen molar-refractivity contribution in [2.24, 2.45) is 5.92 Å². The van der Waals surface area contributed by atoms with E-state index in [9.17, 15) is 13.2 Å². The Bertz CT molecular complexity index is 702.